The van der Waals surface area contributed by atoms with E-state index in [2.05, 4.69) is 9.97 Å². The van der Waals surface area contributed by atoms with Gasteiger partial charge in [0.15, 0.2) is 0 Å². The molecule has 5 heteroatoms. The van der Waals surface area contributed by atoms with Crippen molar-refractivity contribution in [2.24, 2.45) is 0 Å². The van der Waals surface area contributed by atoms with E-state index < -0.39 is 5.97 Å². The molecule has 3 aromatic rings. The second kappa shape index (κ2) is 5.73. The summed E-state index contributed by atoms with van der Waals surface area (Å²) < 4.78 is 5.12. The molecule has 0 spiro atoms. The Hall–Kier alpha value is -3.08. The molecular formula is C17H14N2O3. The summed E-state index contributed by atoms with van der Waals surface area (Å²) in [5, 5.41) is 9.43. The second-order valence-electron chi connectivity index (χ2n) is 4.74. The zero-order valence-electron chi connectivity index (χ0n) is 11.9. The molecule has 1 aromatic carbocycles. The zero-order chi connectivity index (χ0) is 15.5. The standard InChI is InChI=1S/C17H14N2O3/c1-22-13-4-2-12(3-5-13)16-14(17(20)21)10-15(19-16)11-6-8-18-9-7-11/h2-10,19H,1H3,(H,20,21). The fraction of sp³-hybridized carbons (Fsp3) is 0.0588. The number of hydrogen-bond acceptors (Lipinski definition) is 3. The summed E-state index contributed by atoms with van der Waals surface area (Å²) in [6.07, 6.45) is 3.34. The summed E-state index contributed by atoms with van der Waals surface area (Å²) in [5.41, 5.74) is 3.22. The number of carboxylic acids is 1. The van der Waals surface area contributed by atoms with Gasteiger partial charge >= 0.3 is 5.97 Å². The summed E-state index contributed by atoms with van der Waals surface area (Å²) in [6, 6.07) is 12.5. The Morgan fingerprint density at radius 2 is 1.77 bits per heavy atom. The van der Waals surface area contributed by atoms with Crippen LogP contribution in [0.2, 0.25) is 0 Å². The van der Waals surface area contributed by atoms with Gasteiger partial charge in [0.1, 0.15) is 5.75 Å². The van der Waals surface area contributed by atoms with Crippen LogP contribution in [0.5, 0.6) is 5.75 Å². The van der Waals surface area contributed by atoms with E-state index in [9.17, 15) is 9.90 Å². The van der Waals surface area contributed by atoms with Crippen molar-refractivity contribution in [1.82, 2.24) is 9.97 Å². The van der Waals surface area contributed by atoms with Crippen molar-refractivity contribution >= 4 is 5.97 Å². The third-order valence-electron chi connectivity index (χ3n) is 3.42. The molecule has 0 radical (unpaired) electrons. The fourth-order valence-corrected chi connectivity index (χ4v) is 2.30. The Kier molecular flexibility index (Phi) is 3.62. The van der Waals surface area contributed by atoms with Crippen LogP contribution in [0.3, 0.4) is 0 Å². The number of hydrogen-bond donors (Lipinski definition) is 2. The maximum Gasteiger partial charge on any atom is 0.337 e. The molecule has 2 N–H and O–H groups in total. The first-order chi connectivity index (χ1) is 10.7. The number of aromatic amines is 1. The topological polar surface area (TPSA) is 75.2 Å². The lowest BCUT2D eigenvalue weighted by Gasteiger charge is -2.03. The maximum atomic E-state index is 11.5. The molecule has 0 aliphatic rings. The molecule has 0 saturated heterocycles. The summed E-state index contributed by atoms with van der Waals surface area (Å²) in [7, 11) is 1.59. The number of nitrogens with zero attached hydrogens (tertiary/aromatic N) is 1. The molecule has 0 atom stereocenters. The lowest BCUT2D eigenvalue weighted by molar-refractivity contribution is 0.0698. The maximum absolute atomic E-state index is 11.5. The quantitative estimate of drug-likeness (QED) is 0.772. The number of carbonyl (C=O) groups is 1. The second-order valence-corrected chi connectivity index (χ2v) is 4.74. The van der Waals surface area contributed by atoms with Gasteiger partial charge in [-0.25, -0.2) is 4.79 Å². The summed E-state index contributed by atoms with van der Waals surface area (Å²) in [5.74, 6) is -0.246. The SMILES string of the molecule is COc1ccc(-c2[nH]c(-c3ccncc3)cc2C(=O)O)cc1. The van der Waals surface area contributed by atoms with E-state index in [0.717, 1.165) is 22.6 Å². The number of benzene rings is 1. The molecule has 0 bridgehead atoms. The zero-order valence-corrected chi connectivity index (χ0v) is 11.9. The molecule has 0 aliphatic heterocycles. The highest BCUT2D eigenvalue weighted by Gasteiger charge is 2.16. The van der Waals surface area contributed by atoms with Gasteiger partial charge in [-0.1, -0.05) is 0 Å². The highest BCUT2D eigenvalue weighted by Crippen LogP contribution is 2.29. The summed E-state index contributed by atoms with van der Waals surface area (Å²) in [6.45, 7) is 0. The van der Waals surface area contributed by atoms with Crippen molar-refractivity contribution in [2.45, 2.75) is 0 Å². The van der Waals surface area contributed by atoms with Crippen molar-refractivity contribution in [3.8, 4) is 28.3 Å². The van der Waals surface area contributed by atoms with Gasteiger partial charge in [0.05, 0.1) is 18.4 Å². The van der Waals surface area contributed by atoms with E-state index in [1.807, 2.05) is 24.3 Å². The van der Waals surface area contributed by atoms with Crippen LogP contribution in [-0.2, 0) is 0 Å². The number of pyridine rings is 1. The van der Waals surface area contributed by atoms with Gasteiger partial charge in [-0.15, -0.1) is 0 Å². The molecule has 2 heterocycles. The van der Waals surface area contributed by atoms with Crippen LogP contribution in [0.4, 0.5) is 0 Å². The van der Waals surface area contributed by atoms with Crippen LogP contribution >= 0.6 is 0 Å². The van der Waals surface area contributed by atoms with Gasteiger partial charge in [-0.2, -0.15) is 0 Å². The summed E-state index contributed by atoms with van der Waals surface area (Å²) >= 11 is 0. The third-order valence-corrected chi connectivity index (χ3v) is 3.42. The Balaban J connectivity index is 2.09. The van der Waals surface area contributed by atoms with Crippen molar-refractivity contribution < 1.29 is 14.6 Å². The predicted molar refractivity (Wildman–Crippen MR) is 83.0 cm³/mol. The van der Waals surface area contributed by atoms with Crippen molar-refractivity contribution in [1.29, 1.82) is 0 Å². The van der Waals surface area contributed by atoms with Gasteiger partial charge in [-0.3, -0.25) is 4.98 Å². The van der Waals surface area contributed by atoms with Gasteiger partial charge in [0.25, 0.3) is 0 Å². The molecule has 0 aliphatic carbocycles. The number of H-pyrrole nitrogens is 1. The van der Waals surface area contributed by atoms with Crippen molar-refractivity contribution in [3.63, 3.8) is 0 Å². The van der Waals surface area contributed by atoms with Crippen LogP contribution in [-0.4, -0.2) is 28.2 Å². The molecule has 2 aromatic heterocycles. The third kappa shape index (κ3) is 2.56. The molecule has 0 fully saturated rings. The minimum Gasteiger partial charge on any atom is -0.497 e. The monoisotopic (exact) mass is 294 g/mol. The minimum absolute atomic E-state index is 0.233. The molecule has 22 heavy (non-hydrogen) atoms. The lowest BCUT2D eigenvalue weighted by atomic mass is 10.1. The molecule has 0 amide bonds. The minimum atomic E-state index is -0.970. The number of nitrogens with one attached hydrogen (secondary N) is 1. The average Bonchev–Trinajstić information content (AvgIpc) is 3.01. The fourth-order valence-electron chi connectivity index (χ4n) is 2.30. The van der Waals surface area contributed by atoms with Crippen LogP contribution < -0.4 is 4.74 Å². The van der Waals surface area contributed by atoms with E-state index in [4.69, 9.17) is 4.74 Å². The first-order valence-corrected chi connectivity index (χ1v) is 6.70. The van der Waals surface area contributed by atoms with Gasteiger partial charge in [-0.05, 0) is 48.0 Å². The van der Waals surface area contributed by atoms with E-state index >= 15 is 0 Å². The van der Waals surface area contributed by atoms with Crippen LogP contribution in [0, 0.1) is 0 Å². The predicted octanol–water partition coefficient (Wildman–Crippen LogP) is 3.45. The molecule has 0 saturated carbocycles. The van der Waals surface area contributed by atoms with Crippen LogP contribution in [0.1, 0.15) is 10.4 Å². The summed E-state index contributed by atoms with van der Waals surface area (Å²) in [4.78, 5) is 18.7. The lowest BCUT2D eigenvalue weighted by Crippen LogP contribution is -1.96. The molecule has 5 nitrogen and oxygen atoms in total. The number of aromatic nitrogens is 2. The molecule has 3 rings (SSSR count). The number of rotatable bonds is 4. The first kappa shape index (κ1) is 13.9. The van der Waals surface area contributed by atoms with Gasteiger partial charge in [0.2, 0.25) is 0 Å². The number of ether oxygens (including phenoxy) is 1. The van der Waals surface area contributed by atoms with Gasteiger partial charge in [0, 0.05) is 23.7 Å². The van der Waals surface area contributed by atoms with Crippen molar-refractivity contribution in [2.75, 3.05) is 7.11 Å². The Morgan fingerprint density at radius 3 is 2.36 bits per heavy atom. The molecule has 110 valence electrons. The van der Waals surface area contributed by atoms with Gasteiger partial charge < -0.3 is 14.8 Å². The Morgan fingerprint density at radius 1 is 1.09 bits per heavy atom. The van der Waals surface area contributed by atoms with Crippen LogP contribution in [0.25, 0.3) is 22.5 Å². The molecule has 0 unspecified atom stereocenters. The van der Waals surface area contributed by atoms with E-state index in [1.165, 1.54) is 0 Å². The Bertz CT molecular complexity index is 793. The number of aromatic carboxylic acids is 1. The molecular weight excluding hydrogens is 280 g/mol. The van der Waals surface area contributed by atoms with Crippen LogP contribution in [0.15, 0.2) is 54.9 Å². The van der Waals surface area contributed by atoms with Crippen molar-refractivity contribution in [3.05, 3.63) is 60.4 Å². The van der Waals surface area contributed by atoms with E-state index in [1.54, 1.807) is 37.7 Å². The highest BCUT2D eigenvalue weighted by molar-refractivity contribution is 5.97. The van der Waals surface area contributed by atoms with E-state index in [-0.39, 0.29) is 5.56 Å². The Labute approximate surface area is 127 Å². The highest BCUT2D eigenvalue weighted by atomic mass is 16.5. The average molecular weight is 294 g/mol. The normalized spacial score (nSPS) is 10.4. The smallest absolute Gasteiger partial charge is 0.337 e. The number of methoxy groups -OCH3 is 1. The number of carboxylic acid groups (broad SMARTS) is 1. The largest absolute Gasteiger partial charge is 0.497 e. The first-order valence-electron chi connectivity index (χ1n) is 6.70. The van der Waals surface area contributed by atoms with E-state index in [0.29, 0.717) is 5.69 Å².